The molecule has 0 amide bonds. The quantitative estimate of drug-likeness (QED) is 0.286. The standard InChI is InChI=1S/C31H48N2O3Si2/c1-20(19-32)33-17-16-31-22-13-15-25(36-38(10,11)30(5,6)7)28(31)34-27-24(35-37(8,9)29(2,3)4)14-12-21(26(27)31)18-23(22)33/h12-15,20,22-23,25,28H,16-18H2,1-11H3/t20?,22-,23+,25?,28?,31-/m0/s1. The van der Waals surface area contributed by atoms with Gasteiger partial charge in [-0.05, 0) is 67.7 Å². The molecule has 3 unspecified atom stereocenters. The maximum absolute atomic E-state index is 9.83. The van der Waals surface area contributed by atoms with Crippen molar-refractivity contribution >= 4 is 16.6 Å². The number of benzene rings is 1. The zero-order valence-corrected chi connectivity index (χ0v) is 27.4. The molecule has 1 spiro atoms. The number of ether oxygens (including phenoxy) is 1. The van der Waals surface area contributed by atoms with E-state index in [2.05, 4.69) is 103 Å². The highest BCUT2D eigenvalue weighted by Crippen LogP contribution is 2.63. The third-order valence-corrected chi connectivity index (χ3v) is 19.8. The molecule has 2 heterocycles. The first-order valence-electron chi connectivity index (χ1n) is 14.5. The average molecular weight is 553 g/mol. The number of nitriles is 1. The predicted octanol–water partition coefficient (Wildman–Crippen LogP) is 7.19. The number of likely N-dealkylation sites (tertiary alicyclic amines) is 1. The summed E-state index contributed by atoms with van der Waals surface area (Å²) in [5, 5.41) is 10.0. The molecule has 7 heteroatoms. The molecule has 2 aliphatic carbocycles. The van der Waals surface area contributed by atoms with Crippen LogP contribution < -0.4 is 9.16 Å². The minimum absolute atomic E-state index is 0.0770. The van der Waals surface area contributed by atoms with Crippen molar-refractivity contribution in [3.8, 4) is 17.6 Å². The van der Waals surface area contributed by atoms with Crippen molar-refractivity contribution in [2.75, 3.05) is 6.54 Å². The summed E-state index contributed by atoms with van der Waals surface area (Å²) in [5.74, 6) is 2.18. The molecule has 1 aromatic rings. The molecule has 0 radical (unpaired) electrons. The van der Waals surface area contributed by atoms with Crippen LogP contribution in [0.3, 0.4) is 0 Å². The van der Waals surface area contributed by atoms with Crippen LogP contribution in [0, 0.1) is 17.2 Å². The molecule has 0 saturated carbocycles. The highest BCUT2D eigenvalue weighted by Gasteiger charge is 2.66. The van der Waals surface area contributed by atoms with Crippen molar-refractivity contribution in [2.45, 2.75) is 127 Å². The minimum atomic E-state index is -2.06. The number of nitrogens with zero attached hydrogens (tertiary/aromatic N) is 2. The van der Waals surface area contributed by atoms with Gasteiger partial charge in [-0.25, -0.2) is 0 Å². The minimum Gasteiger partial charge on any atom is -0.541 e. The monoisotopic (exact) mass is 552 g/mol. The number of hydrogen-bond acceptors (Lipinski definition) is 5. The Hall–Kier alpha value is -1.60. The number of hydrogen-bond donors (Lipinski definition) is 0. The van der Waals surface area contributed by atoms with Gasteiger partial charge in [-0.15, -0.1) is 0 Å². The lowest BCUT2D eigenvalue weighted by Gasteiger charge is -2.58. The lowest BCUT2D eigenvalue weighted by Crippen LogP contribution is -2.67. The van der Waals surface area contributed by atoms with E-state index < -0.39 is 16.6 Å². The van der Waals surface area contributed by atoms with Crippen LogP contribution in [-0.4, -0.2) is 52.4 Å². The Bertz CT molecular complexity index is 1190. The topological polar surface area (TPSA) is 54.7 Å². The molecule has 0 N–H and O–H groups in total. The van der Waals surface area contributed by atoms with Crippen LogP contribution in [0.5, 0.6) is 11.5 Å². The van der Waals surface area contributed by atoms with Gasteiger partial charge in [-0.1, -0.05) is 59.8 Å². The normalized spacial score (nSPS) is 31.3. The van der Waals surface area contributed by atoms with Crippen molar-refractivity contribution < 1.29 is 13.6 Å². The maximum Gasteiger partial charge on any atom is 0.250 e. The van der Waals surface area contributed by atoms with Gasteiger partial charge in [0.1, 0.15) is 18.0 Å². The Morgan fingerprint density at radius 3 is 2.32 bits per heavy atom. The van der Waals surface area contributed by atoms with Gasteiger partial charge in [-0.2, -0.15) is 5.26 Å². The summed E-state index contributed by atoms with van der Waals surface area (Å²) in [6, 6.07) is 7.16. The van der Waals surface area contributed by atoms with Crippen LogP contribution in [0.15, 0.2) is 24.3 Å². The van der Waals surface area contributed by atoms with Crippen molar-refractivity contribution in [3.05, 3.63) is 35.4 Å². The molecule has 4 aliphatic rings. The van der Waals surface area contributed by atoms with E-state index in [1.54, 1.807) is 0 Å². The van der Waals surface area contributed by atoms with Crippen LogP contribution >= 0.6 is 0 Å². The van der Waals surface area contributed by atoms with Crippen molar-refractivity contribution in [1.82, 2.24) is 4.90 Å². The Kier molecular flexibility index (Phi) is 6.40. The van der Waals surface area contributed by atoms with Gasteiger partial charge in [-0.3, -0.25) is 4.90 Å². The van der Waals surface area contributed by atoms with E-state index in [4.69, 9.17) is 13.6 Å². The Morgan fingerprint density at radius 2 is 1.71 bits per heavy atom. The molecule has 6 atom stereocenters. The van der Waals surface area contributed by atoms with E-state index >= 15 is 0 Å². The molecule has 38 heavy (non-hydrogen) atoms. The first-order chi connectivity index (χ1) is 17.4. The molecule has 2 aliphatic heterocycles. The van der Waals surface area contributed by atoms with E-state index in [1.165, 1.54) is 11.1 Å². The van der Waals surface area contributed by atoms with Gasteiger partial charge in [0.2, 0.25) is 0 Å². The van der Waals surface area contributed by atoms with E-state index in [0.29, 0.717) is 12.0 Å². The van der Waals surface area contributed by atoms with Crippen LogP contribution in [0.1, 0.15) is 66.0 Å². The van der Waals surface area contributed by atoms with Gasteiger partial charge in [0, 0.05) is 29.5 Å². The van der Waals surface area contributed by atoms with Crippen molar-refractivity contribution in [2.24, 2.45) is 5.92 Å². The second kappa shape index (κ2) is 8.70. The zero-order valence-electron chi connectivity index (χ0n) is 25.4. The summed E-state index contributed by atoms with van der Waals surface area (Å²) < 4.78 is 21.2. The summed E-state index contributed by atoms with van der Waals surface area (Å²) >= 11 is 0. The second-order valence-electron chi connectivity index (χ2n) is 15.2. The summed E-state index contributed by atoms with van der Waals surface area (Å²) in [6.45, 7) is 26.0. The molecule has 1 fully saturated rings. The Balaban J connectivity index is 1.65. The molecular formula is C31H48N2O3Si2. The fraction of sp³-hybridized carbons (Fsp3) is 0.710. The second-order valence-corrected chi connectivity index (χ2v) is 24.7. The smallest absolute Gasteiger partial charge is 0.250 e. The SMILES string of the molecule is CC(C#N)N1CC[C@]23c4c5ccc(O[Si](C)(C)C(C)(C)C)c4OC2C(O[Si](C)(C)C(C)(C)C)C=C[C@H]3[C@H]1C5. The van der Waals surface area contributed by atoms with Crippen LogP contribution in [-0.2, 0) is 16.3 Å². The summed E-state index contributed by atoms with van der Waals surface area (Å²) in [7, 11) is -4.10. The molecule has 208 valence electrons. The first kappa shape index (κ1) is 28.0. The van der Waals surface area contributed by atoms with Crippen molar-refractivity contribution in [1.29, 1.82) is 5.26 Å². The van der Waals surface area contributed by atoms with E-state index in [0.717, 1.165) is 30.9 Å². The summed E-state index contributed by atoms with van der Waals surface area (Å²) in [4.78, 5) is 2.44. The Labute approximate surface area is 232 Å². The highest BCUT2D eigenvalue weighted by molar-refractivity contribution is 6.75. The third kappa shape index (κ3) is 3.96. The van der Waals surface area contributed by atoms with Crippen molar-refractivity contribution in [3.63, 3.8) is 0 Å². The fourth-order valence-electron chi connectivity index (χ4n) is 6.74. The lowest BCUT2D eigenvalue weighted by atomic mass is 9.53. The van der Waals surface area contributed by atoms with Crippen LogP contribution in [0.4, 0.5) is 0 Å². The van der Waals surface area contributed by atoms with Gasteiger partial charge in [0.05, 0.1) is 12.1 Å². The maximum atomic E-state index is 9.83. The van der Waals surface area contributed by atoms with E-state index in [-0.39, 0.29) is 33.7 Å². The largest absolute Gasteiger partial charge is 0.541 e. The fourth-order valence-corrected chi connectivity index (χ4v) is 8.99. The van der Waals surface area contributed by atoms with Crippen LogP contribution in [0.2, 0.25) is 36.3 Å². The van der Waals surface area contributed by atoms with Gasteiger partial charge < -0.3 is 13.6 Å². The molecule has 1 aromatic carbocycles. The molecular weight excluding hydrogens is 505 g/mol. The van der Waals surface area contributed by atoms with Gasteiger partial charge >= 0.3 is 0 Å². The van der Waals surface area contributed by atoms with Crippen LogP contribution in [0.25, 0.3) is 0 Å². The molecule has 5 nitrogen and oxygen atoms in total. The van der Waals surface area contributed by atoms with E-state index in [1.807, 2.05) is 6.92 Å². The molecule has 0 aromatic heterocycles. The Morgan fingerprint density at radius 1 is 1.05 bits per heavy atom. The van der Waals surface area contributed by atoms with Gasteiger partial charge in [0.15, 0.2) is 14.1 Å². The van der Waals surface area contributed by atoms with E-state index in [9.17, 15) is 5.26 Å². The number of piperidine rings is 1. The third-order valence-electron chi connectivity index (χ3n) is 11.0. The molecule has 1 saturated heterocycles. The average Bonchev–Trinajstić information content (AvgIpc) is 3.14. The predicted molar refractivity (Wildman–Crippen MR) is 159 cm³/mol. The zero-order chi connectivity index (χ0) is 28.1. The lowest BCUT2D eigenvalue weighted by molar-refractivity contribution is -0.0526. The number of rotatable bonds is 5. The van der Waals surface area contributed by atoms with Gasteiger partial charge in [0.25, 0.3) is 8.32 Å². The molecule has 2 bridgehead atoms. The summed E-state index contributed by atoms with van der Waals surface area (Å²) in [6.07, 6.45) is 6.47. The molecule has 5 rings (SSSR count). The summed E-state index contributed by atoms with van der Waals surface area (Å²) in [5.41, 5.74) is 2.59. The highest BCUT2D eigenvalue weighted by atomic mass is 28.4. The first-order valence-corrected chi connectivity index (χ1v) is 20.3.